The molecule has 5 heteroatoms. The zero-order valence-electron chi connectivity index (χ0n) is 11.9. The quantitative estimate of drug-likeness (QED) is 0.875. The van der Waals surface area contributed by atoms with Crippen molar-refractivity contribution in [1.82, 2.24) is 0 Å². The molecule has 1 unspecified atom stereocenters. The van der Waals surface area contributed by atoms with Gasteiger partial charge in [0.05, 0.1) is 5.69 Å². The number of halogens is 1. The first-order valence-electron chi connectivity index (χ1n) is 6.67. The maximum Gasteiger partial charge on any atom is 0.245 e. The molecule has 1 heterocycles. The summed E-state index contributed by atoms with van der Waals surface area (Å²) >= 11 is 3.58. The summed E-state index contributed by atoms with van der Waals surface area (Å²) < 4.78 is 0.914. The highest BCUT2D eigenvalue weighted by atomic mass is 79.9. The molecular formula is C16H16BrN3O. The second-order valence-electron chi connectivity index (χ2n) is 5.26. The van der Waals surface area contributed by atoms with Crippen molar-refractivity contribution in [2.75, 3.05) is 17.3 Å². The maximum atomic E-state index is 11.7. The summed E-state index contributed by atoms with van der Waals surface area (Å²) in [5, 5.41) is 2.82. The zero-order valence-corrected chi connectivity index (χ0v) is 13.4. The average Bonchev–Trinajstić information content (AvgIpc) is 2.73. The van der Waals surface area contributed by atoms with E-state index in [4.69, 9.17) is 5.73 Å². The van der Waals surface area contributed by atoms with Gasteiger partial charge in [-0.15, -0.1) is 0 Å². The van der Waals surface area contributed by atoms with Gasteiger partial charge in [-0.05, 0) is 52.7 Å². The first-order valence-corrected chi connectivity index (χ1v) is 7.47. The number of hydrogen-bond acceptors (Lipinski definition) is 3. The van der Waals surface area contributed by atoms with Crippen LogP contribution in [0.2, 0.25) is 0 Å². The highest BCUT2D eigenvalue weighted by Crippen LogP contribution is 2.39. The van der Waals surface area contributed by atoms with Gasteiger partial charge in [-0.2, -0.15) is 0 Å². The average molecular weight is 346 g/mol. The summed E-state index contributed by atoms with van der Waals surface area (Å²) in [5.41, 5.74) is 10.7. The largest absolute Gasteiger partial charge is 0.344 e. The lowest BCUT2D eigenvalue weighted by Gasteiger charge is -2.22. The van der Waals surface area contributed by atoms with E-state index < -0.39 is 6.04 Å². The molecule has 1 amide bonds. The topological polar surface area (TPSA) is 58.4 Å². The molecule has 1 atom stereocenters. The second-order valence-corrected chi connectivity index (χ2v) is 6.11. The van der Waals surface area contributed by atoms with Crippen LogP contribution in [0.15, 0.2) is 40.9 Å². The van der Waals surface area contributed by atoms with Gasteiger partial charge in [0.1, 0.15) is 6.04 Å². The number of anilines is 3. The summed E-state index contributed by atoms with van der Waals surface area (Å²) in [6.07, 6.45) is 0. The molecule has 0 radical (unpaired) electrons. The molecule has 1 aliphatic heterocycles. The third-order valence-electron chi connectivity index (χ3n) is 3.74. The summed E-state index contributed by atoms with van der Waals surface area (Å²) in [4.78, 5) is 13.7. The normalized spacial score (nSPS) is 16.6. The van der Waals surface area contributed by atoms with Gasteiger partial charge < -0.3 is 16.0 Å². The number of carbonyl (C=O) groups is 1. The smallest absolute Gasteiger partial charge is 0.245 e. The predicted octanol–water partition coefficient (Wildman–Crippen LogP) is 3.48. The lowest BCUT2D eigenvalue weighted by Crippen LogP contribution is -2.19. The van der Waals surface area contributed by atoms with Crippen LogP contribution in [0.4, 0.5) is 17.1 Å². The number of nitrogens with zero attached hydrogens (tertiary/aromatic N) is 1. The molecule has 1 aliphatic rings. The van der Waals surface area contributed by atoms with Crippen molar-refractivity contribution in [2.24, 2.45) is 5.73 Å². The molecule has 2 aromatic carbocycles. The van der Waals surface area contributed by atoms with Crippen molar-refractivity contribution in [1.29, 1.82) is 0 Å². The monoisotopic (exact) mass is 345 g/mol. The van der Waals surface area contributed by atoms with E-state index in [1.54, 1.807) is 0 Å². The number of rotatable bonds is 2. The highest BCUT2D eigenvalue weighted by molar-refractivity contribution is 9.10. The van der Waals surface area contributed by atoms with E-state index in [9.17, 15) is 4.79 Å². The maximum absolute atomic E-state index is 11.7. The van der Waals surface area contributed by atoms with Crippen LogP contribution in [0, 0.1) is 6.92 Å². The van der Waals surface area contributed by atoms with Crippen molar-refractivity contribution < 1.29 is 4.79 Å². The van der Waals surface area contributed by atoms with Crippen LogP contribution in [-0.2, 0) is 4.79 Å². The standard InChI is InChI=1S/C16H16BrN3O/c1-9-4-3-5-10(6-9)20(2)14-8-13-11(7-12(14)17)15(18)16(21)19-13/h3-8,15H,18H2,1-2H3,(H,19,21). The number of nitrogens with one attached hydrogen (secondary N) is 1. The van der Waals surface area contributed by atoms with E-state index in [-0.39, 0.29) is 5.91 Å². The van der Waals surface area contributed by atoms with E-state index in [0.717, 1.165) is 27.1 Å². The number of hydrogen-bond donors (Lipinski definition) is 2. The third kappa shape index (κ3) is 2.43. The van der Waals surface area contributed by atoms with Gasteiger partial charge in [0.15, 0.2) is 0 Å². The summed E-state index contributed by atoms with van der Waals surface area (Å²) in [5.74, 6) is -0.160. The van der Waals surface area contributed by atoms with Gasteiger partial charge in [0.25, 0.3) is 0 Å². The SMILES string of the molecule is Cc1cccc(N(C)c2cc3c(cc2Br)C(N)C(=O)N3)c1. The predicted molar refractivity (Wildman–Crippen MR) is 88.9 cm³/mol. The first kappa shape index (κ1) is 14.1. The van der Waals surface area contributed by atoms with E-state index in [0.29, 0.717) is 0 Å². The van der Waals surface area contributed by atoms with Gasteiger partial charge in [-0.1, -0.05) is 12.1 Å². The number of nitrogens with two attached hydrogens (primary N) is 1. The van der Waals surface area contributed by atoms with Crippen molar-refractivity contribution in [3.63, 3.8) is 0 Å². The third-order valence-corrected chi connectivity index (χ3v) is 4.38. The van der Waals surface area contributed by atoms with E-state index in [2.05, 4.69) is 51.3 Å². The van der Waals surface area contributed by atoms with Gasteiger partial charge in [0.2, 0.25) is 5.91 Å². The van der Waals surface area contributed by atoms with Crippen LogP contribution >= 0.6 is 15.9 Å². The van der Waals surface area contributed by atoms with Gasteiger partial charge in [0, 0.05) is 28.5 Å². The molecular weight excluding hydrogens is 330 g/mol. The van der Waals surface area contributed by atoms with Crippen LogP contribution in [0.5, 0.6) is 0 Å². The summed E-state index contributed by atoms with van der Waals surface area (Å²) in [6, 6.07) is 11.5. The summed E-state index contributed by atoms with van der Waals surface area (Å²) in [6.45, 7) is 2.06. The molecule has 2 aromatic rings. The number of amides is 1. The van der Waals surface area contributed by atoms with Crippen LogP contribution in [-0.4, -0.2) is 13.0 Å². The Morgan fingerprint density at radius 3 is 2.76 bits per heavy atom. The molecule has 0 saturated heterocycles. The lowest BCUT2D eigenvalue weighted by atomic mass is 10.1. The van der Waals surface area contributed by atoms with E-state index in [1.807, 2.05) is 25.2 Å². The molecule has 108 valence electrons. The van der Waals surface area contributed by atoms with Crippen molar-refractivity contribution >= 4 is 38.9 Å². The van der Waals surface area contributed by atoms with Crippen molar-refractivity contribution in [2.45, 2.75) is 13.0 Å². The number of benzene rings is 2. The molecule has 3 N–H and O–H groups in total. The Hall–Kier alpha value is -1.85. The van der Waals surface area contributed by atoms with Gasteiger partial charge in [-0.25, -0.2) is 0 Å². The van der Waals surface area contributed by atoms with E-state index in [1.165, 1.54) is 5.56 Å². The fraction of sp³-hybridized carbons (Fsp3) is 0.188. The molecule has 0 aliphatic carbocycles. The van der Waals surface area contributed by atoms with Gasteiger partial charge >= 0.3 is 0 Å². The van der Waals surface area contributed by atoms with Crippen LogP contribution < -0.4 is 16.0 Å². The first-order chi connectivity index (χ1) is 9.97. The molecule has 0 spiro atoms. The van der Waals surface area contributed by atoms with Crippen LogP contribution in [0.3, 0.4) is 0 Å². The molecule has 4 nitrogen and oxygen atoms in total. The molecule has 0 aromatic heterocycles. The Labute approximate surface area is 132 Å². The van der Waals surface area contributed by atoms with Gasteiger partial charge in [-0.3, -0.25) is 4.79 Å². The second kappa shape index (κ2) is 5.16. The Morgan fingerprint density at radius 1 is 1.29 bits per heavy atom. The Morgan fingerprint density at radius 2 is 2.05 bits per heavy atom. The highest BCUT2D eigenvalue weighted by Gasteiger charge is 2.28. The van der Waals surface area contributed by atoms with E-state index >= 15 is 0 Å². The molecule has 0 fully saturated rings. The zero-order chi connectivity index (χ0) is 15.1. The fourth-order valence-corrected chi connectivity index (χ4v) is 3.15. The fourth-order valence-electron chi connectivity index (χ4n) is 2.53. The molecule has 3 rings (SSSR count). The minimum absolute atomic E-state index is 0.160. The van der Waals surface area contributed by atoms with Crippen LogP contribution in [0.25, 0.3) is 0 Å². The number of aryl methyl sites for hydroxylation is 1. The number of fused-ring (bicyclic) bond motifs is 1. The Balaban J connectivity index is 2.04. The molecule has 21 heavy (non-hydrogen) atoms. The Kier molecular flexibility index (Phi) is 3.47. The summed E-state index contributed by atoms with van der Waals surface area (Å²) in [7, 11) is 2.00. The minimum atomic E-state index is -0.588. The number of carbonyl (C=O) groups excluding carboxylic acids is 1. The van der Waals surface area contributed by atoms with Crippen molar-refractivity contribution in [3.05, 3.63) is 52.0 Å². The lowest BCUT2D eigenvalue weighted by molar-refractivity contribution is -0.116. The van der Waals surface area contributed by atoms with Crippen LogP contribution in [0.1, 0.15) is 17.2 Å². The van der Waals surface area contributed by atoms with Crippen molar-refractivity contribution in [3.8, 4) is 0 Å². The minimum Gasteiger partial charge on any atom is -0.344 e. The molecule has 0 saturated carbocycles. The Bertz CT molecular complexity index is 729. The molecule has 0 bridgehead atoms.